The lowest BCUT2D eigenvalue weighted by Gasteiger charge is -2.23. The van der Waals surface area contributed by atoms with Gasteiger partial charge in [-0.25, -0.2) is 4.79 Å². The minimum Gasteiger partial charge on any atom is -0.478 e. The Bertz CT molecular complexity index is 435. The van der Waals surface area contributed by atoms with E-state index in [1.807, 2.05) is 0 Å². The van der Waals surface area contributed by atoms with E-state index in [9.17, 15) is 4.79 Å². The van der Waals surface area contributed by atoms with Gasteiger partial charge in [-0.05, 0) is 38.6 Å². The van der Waals surface area contributed by atoms with Crippen molar-refractivity contribution in [2.75, 3.05) is 31.2 Å². The smallest absolute Gasteiger partial charge is 0.337 e. The predicted octanol–water partition coefficient (Wildman–Crippen LogP) is 2.11. The highest BCUT2D eigenvalue weighted by Crippen LogP contribution is 2.18. The molecule has 0 spiro atoms. The van der Waals surface area contributed by atoms with Crippen molar-refractivity contribution in [2.24, 2.45) is 0 Å². The summed E-state index contributed by atoms with van der Waals surface area (Å²) in [6, 6.07) is 5.41. The van der Waals surface area contributed by atoms with Gasteiger partial charge in [0, 0.05) is 30.5 Å². The number of nitrogen functional groups attached to an aromatic ring is 1. The van der Waals surface area contributed by atoms with Crippen LogP contribution in [0.5, 0.6) is 0 Å². The van der Waals surface area contributed by atoms with Crippen LogP contribution in [0.2, 0.25) is 0 Å². The third kappa shape index (κ3) is 4.44. The van der Waals surface area contributed by atoms with Crippen molar-refractivity contribution in [3.63, 3.8) is 0 Å². The second kappa shape index (κ2) is 6.99. The number of hydrogen-bond donors (Lipinski definition) is 3. The van der Waals surface area contributed by atoms with E-state index in [0.29, 0.717) is 24.0 Å². The lowest BCUT2D eigenvalue weighted by atomic mass is 10.1. The second-order valence-corrected chi connectivity index (χ2v) is 4.77. The number of benzene rings is 1. The third-order valence-corrected chi connectivity index (χ3v) is 3.40. The molecular formula is C14H23N3O2. The summed E-state index contributed by atoms with van der Waals surface area (Å²) in [6.07, 6.45) is 1.10. The minimum absolute atomic E-state index is 0.214. The van der Waals surface area contributed by atoms with Crippen molar-refractivity contribution >= 4 is 17.3 Å². The standard InChI is InChI=1S/C14H23N3O2/c1-4-10(2)17(3)8-7-16-13-6-5-11(15)9-12(13)14(18)19/h5-6,9-10,16H,4,7-8,15H2,1-3H3,(H,18,19). The summed E-state index contributed by atoms with van der Waals surface area (Å²) >= 11 is 0. The Morgan fingerprint density at radius 3 is 2.79 bits per heavy atom. The zero-order valence-electron chi connectivity index (χ0n) is 11.8. The van der Waals surface area contributed by atoms with Gasteiger partial charge in [0.25, 0.3) is 0 Å². The molecule has 0 aliphatic rings. The Morgan fingerprint density at radius 2 is 2.21 bits per heavy atom. The number of rotatable bonds is 7. The van der Waals surface area contributed by atoms with Gasteiger partial charge in [0.05, 0.1) is 5.56 Å². The summed E-state index contributed by atoms with van der Waals surface area (Å²) in [4.78, 5) is 13.4. The Balaban J connectivity index is 2.61. The van der Waals surface area contributed by atoms with Crippen LogP contribution >= 0.6 is 0 Å². The van der Waals surface area contributed by atoms with Crippen molar-refractivity contribution in [2.45, 2.75) is 26.3 Å². The summed E-state index contributed by atoms with van der Waals surface area (Å²) in [7, 11) is 2.07. The molecule has 1 rings (SSSR count). The van der Waals surface area contributed by atoms with E-state index in [-0.39, 0.29) is 5.56 Å². The monoisotopic (exact) mass is 265 g/mol. The number of nitrogens with two attached hydrogens (primary N) is 1. The lowest BCUT2D eigenvalue weighted by Crippen LogP contribution is -2.32. The summed E-state index contributed by atoms with van der Waals surface area (Å²) in [5.41, 5.74) is 6.88. The first-order chi connectivity index (χ1) is 8.95. The largest absolute Gasteiger partial charge is 0.478 e. The van der Waals surface area contributed by atoms with Gasteiger partial charge in [-0.15, -0.1) is 0 Å². The van der Waals surface area contributed by atoms with Crippen LogP contribution in [0.4, 0.5) is 11.4 Å². The van der Waals surface area contributed by atoms with Gasteiger partial charge >= 0.3 is 5.97 Å². The van der Waals surface area contributed by atoms with Crippen molar-refractivity contribution in [1.82, 2.24) is 4.90 Å². The zero-order valence-corrected chi connectivity index (χ0v) is 11.8. The Labute approximate surface area is 114 Å². The molecule has 1 aromatic carbocycles. The van der Waals surface area contributed by atoms with Crippen LogP contribution in [0.1, 0.15) is 30.6 Å². The van der Waals surface area contributed by atoms with Gasteiger partial charge in [0.15, 0.2) is 0 Å². The summed E-state index contributed by atoms with van der Waals surface area (Å²) in [5, 5.41) is 12.3. The molecule has 4 N–H and O–H groups in total. The molecule has 1 aromatic rings. The van der Waals surface area contributed by atoms with Gasteiger partial charge < -0.3 is 21.1 Å². The Kier molecular flexibility index (Phi) is 5.63. The molecule has 0 fully saturated rings. The molecular weight excluding hydrogens is 242 g/mol. The maximum absolute atomic E-state index is 11.1. The number of hydrogen-bond acceptors (Lipinski definition) is 4. The minimum atomic E-state index is -0.968. The first-order valence-electron chi connectivity index (χ1n) is 6.52. The summed E-state index contributed by atoms with van der Waals surface area (Å²) < 4.78 is 0. The van der Waals surface area contributed by atoms with Crippen LogP contribution in [-0.4, -0.2) is 42.2 Å². The maximum atomic E-state index is 11.1. The lowest BCUT2D eigenvalue weighted by molar-refractivity contribution is 0.0698. The number of aromatic carboxylic acids is 1. The molecule has 0 aliphatic heterocycles. The average molecular weight is 265 g/mol. The summed E-state index contributed by atoms with van der Waals surface area (Å²) in [5.74, 6) is -0.968. The number of likely N-dealkylation sites (N-methyl/N-ethyl adjacent to an activating group) is 1. The van der Waals surface area contributed by atoms with Crippen LogP contribution in [0.15, 0.2) is 18.2 Å². The van der Waals surface area contributed by atoms with Crippen LogP contribution < -0.4 is 11.1 Å². The average Bonchev–Trinajstić information content (AvgIpc) is 2.38. The fourth-order valence-corrected chi connectivity index (χ4v) is 1.79. The van der Waals surface area contributed by atoms with Crippen LogP contribution in [0.3, 0.4) is 0 Å². The van der Waals surface area contributed by atoms with Crippen LogP contribution in [0, 0.1) is 0 Å². The molecule has 1 atom stereocenters. The van der Waals surface area contributed by atoms with Gasteiger partial charge in [0.1, 0.15) is 0 Å². The number of carboxylic acids is 1. The normalized spacial score (nSPS) is 12.4. The van der Waals surface area contributed by atoms with Gasteiger partial charge in [-0.3, -0.25) is 0 Å². The van der Waals surface area contributed by atoms with Crippen molar-refractivity contribution in [1.29, 1.82) is 0 Å². The van der Waals surface area contributed by atoms with E-state index in [1.165, 1.54) is 6.07 Å². The molecule has 0 saturated heterocycles. The molecule has 19 heavy (non-hydrogen) atoms. The fraction of sp³-hybridized carbons (Fsp3) is 0.500. The van der Waals surface area contributed by atoms with E-state index in [2.05, 4.69) is 31.1 Å². The molecule has 106 valence electrons. The third-order valence-electron chi connectivity index (χ3n) is 3.40. The highest BCUT2D eigenvalue weighted by atomic mass is 16.4. The van der Waals surface area contributed by atoms with Crippen molar-refractivity contribution in [3.05, 3.63) is 23.8 Å². The number of anilines is 2. The molecule has 0 aromatic heterocycles. The quantitative estimate of drug-likeness (QED) is 0.658. The van der Waals surface area contributed by atoms with E-state index >= 15 is 0 Å². The van der Waals surface area contributed by atoms with Crippen LogP contribution in [0.25, 0.3) is 0 Å². The number of carbonyl (C=O) groups is 1. The number of nitrogens with one attached hydrogen (secondary N) is 1. The predicted molar refractivity (Wildman–Crippen MR) is 78.7 cm³/mol. The molecule has 0 bridgehead atoms. The highest BCUT2D eigenvalue weighted by Gasteiger charge is 2.11. The fourth-order valence-electron chi connectivity index (χ4n) is 1.79. The van der Waals surface area contributed by atoms with E-state index < -0.39 is 5.97 Å². The molecule has 5 nitrogen and oxygen atoms in total. The number of nitrogens with zero attached hydrogens (tertiary/aromatic N) is 1. The van der Waals surface area contributed by atoms with Crippen molar-refractivity contribution in [3.8, 4) is 0 Å². The van der Waals surface area contributed by atoms with Crippen LogP contribution in [-0.2, 0) is 0 Å². The molecule has 0 radical (unpaired) electrons. The Morgan fingerprint density at radius 1 is 1.53 bits per heavy atom. The van der Waals surface area contributed by atoms with Gasteiger partial charge in [-0.2, -0.15) is 0 Å². The molecule has 0 saturated carbocycles. The SMILES string of the molecule is CCC(C)N(C)CCNc1ccc(N)cc1C(=O)O. The van der Waals surface area contributed by atoms with Gasteiger partial charge in [-0.1, -0.05) is 6.92 Å². The summed E-state index contributed by atoms with van der Waals surface area (Å²) in [6.45, 7) is 5.88. The van der Waals surface area contributed by atoms with Gasteiger partial charge in [0.2, 0.25) is 0 Å². The first kappa shape index (κ1) is 15.3. The van der Waals surface area contributed by atoms with E-state index in [4.69, 9.17) is 10.8 Å². The molecule has 1 unspecified atom stereocenters. The highest BCUT2D eigenvalue weighted by molar-refractivity contribution is 5.95. The molecule has 0 heterocycles. The molecule has 0 aliphatic carbocycles. The second-order valence-electron chi connectivity index (χ2n) is 4.77. The first-order valence-corrected chi connectivity index (χ1v) is 6.52. The van der Waals surface area contributed by atoms with E-state index in [1.54, 1.807) is 12.1 Å². The van der Waals surface area contributed by atoms with Crippen molar-refractivity contribution < 1.29 is 9.90 Å². The number of carboxylic acid groups (broad SMARTS) is 1. The molecule has 5 heteroatoms. The zero-order chi connectivity index (χ0) is 14.4. The van der Waals surface area contributed by atoms with E-state index in [0.717, 1.165) is 13.0 Å². The Hall–Kier alpha value is -1.75. The topological polar surface area (TPSA) is 78.6 Å². The molecule has 0 amide bonds. The maximum Gasteiger partial charge on any atom is 0.337 e.